The van der Waals surface area contributed by atoms with E-state index in [-0.39, 0.29) is 40.9 Å². The normalized spacial score (nSPS) is 19.2. The molecule has 1 saturated heterocycles. The van der Waals surface area contributed by atoms with Gasteiger partial charge in [-0.25, -0.2) is 8.96 Å². The van der Waals surface area contributed by atoms with E-state index in [0.717, 1.165) is 4.57 Å². The Morgan fingerprint density at radius 2 is 2.10 bits per heavy atom. The van der Waals surface area contributed by atoms with Crippen LogP contribution in [0, 0.1) is 10.6 Å². The lowest BCUT2D eigenvalue weighted by molar-refractivity contribution is -0.0667. The second-order valence-electron chi connectivity index (χ2n) is 7.23. The number of hydrogen-bond acceptors (Lipinski definition) is 5. The Labute approximate surface area is 176 Å². The van der Waals surface area contributed by atoms with Crippen LogP contribution in [0.1, 0.15) is 17.3 Å². The summed E-state index contributed by atoms with van der Waals surface area (Å²) in [5, 5.41) is 9.63. The van der Waals surface area contributed by atoms with Gasteiger partial charge in [0.25, 0.3) is 11.5 Å². The molecule has 3 aromatic rings. The van der Waals surface area contributed by atoms with Gasteiger partial charge in [-0.1, -0.05) is 12.1 Å². The molecule has 156 valence electrons. The van der Waals surface area contributed by atoms with Crippen molar-refractivity contribution in [3.63, 3.8) is 0 Å². The smallest absolute Gasteiger partial charge is 0.266 e. The van der Waals surface area contributed by atoms with Crippen LogP contribution in [-0.2, 0) is 4.74 Å². The maximum Gasteiger partial charge on any atom is 0.266 e. The van der Waals surface area contributed by atoms with Gasteiger partial charge in [0.2, 0.25) is 0 Å². The molecule has 1 aromatic heterocycles. The number of hydrogen-bond donors (Lipinski definition) is 2. The van der Waals surface area contributed by atoms with Crippen LogP contribution in [0.5, 0.6) is 0 Å². The molecule has 2 N–H and O–H groups in total. The van der Waals surface area contributed by atoms with Crippen molar-refractivity contribution < 1.29 is 19.0 Å². The van der Waals surface area contributed by atoms with E-state index in [4.69, 9.17) is 17.0 Å². The molecule has 0 spiro atoms. The zero-order valence-electron chi connectivity index (χ0n) is 16.2. The van der Waals surface area contributed by atoms with E-state index in [1.807, 2.05) is 6.92 Å². The third-order valence-electron chi connectivity index (χ3n) is 5.21. The number of halogens is 1. The van der Waals surface area contributed by atoms with Gasteiger partial charge in [-0.2, -0.15) is 0 Å². The number of rotatable bonds is 3. The molecule has 0 saturated carbocycles. The number of aromatic nitrogens is 2. The monoisotopic (exact) mass is 429 g/mol. The molecule has 4 rings (SSSR count). The maximum absolute atomic E-state index is 14.2. The number of nitrogens with zero attached hydrogens (tertiary/aromatic N) is 2. The maximum atomic E-state index is 14.2. The second kappa shape index (κ2) is 8.10. The van der Waals surface area contributed by atoms with Gasteiger partial charge in [0.05, 0.1) is 41.9 Å². The number of nitrogens with one attached hydrogen (secondary N) is 1. The minimum absolute atomic E-state index is 0.0299. The summed E-state index contributed by atoms with van der Waals surface area (Å²) in [4.78, 5) is 30.6. The van der Waals surface area contributed by atoms with Crippen molar-refractivity contribution in [2.24, 2.45) is 0 Å². The number of H-pyrrole nitrogens is 1. The van der Waals surface area contributed by atoms with Crippen molar-refractivity contribution in [1.82, 2.24) is 14.5 Å². The number of aromatic amines is 1. The molecule has 1 aliphatic heterocycles. The lowest BCUT2D eigenvalue weighted by Crippen LogP contribution is -2.52. The summed E-state index contributed by atoms with van der Waals surface area (Å²) in [6, 6.07) is 10.4. The first-order valence-corrected chi connectivity index (χ1v) is 9.89. The van der Waals surface area contributed by atoms with Crippen LogP contribution in [0.15, 0.2) is 47.3 Å². The Kier molecular flexibility index (Phi) is 5.50. The largest absolute Gasteiger partial charge is 0.394 e. The SMILES string of the molecule is CC1COC(CO)CN1C(=O)c1ccc2c(=O)n(-c3ccccc3F)c(=S)[nH]c2c1. The van der Waals surface area contributed by atoms with Gasteiger partial charge in [-0.3, -0.25) is 9.59 Å². The van der Waals surface area contributed by atoms with Crippen molar-refractivity contribution in [2.75, 3.05) is 19.8 Å². The molecular weight excluding hydrogens is 409 g/mol. The van der Waals surface area contributed by atoms with E-state index in [0.29, 0.717) is 17.7 Å². The highest BCUT2D eigenvalue weighted by Crippen LogP contribution is 2.19. The number of aliphatic hydroxyl groups excluding tert-OH is 1. The number of benzene rings is 2. The van der Waals surface area contributed by atoms with Crippen LogP contribution in [0.4, 0.5) is 4.39 Å². The molecule has 1 amide bonds. The Balaban J connectivity index is 1.77. The van der Waals surface area contributed by atoms with Gasteiger partial charge in [0.1, 0.15) is 5.82 Å². The molecule has 0 aliphatic carbocycles. The Hall–Kier alpha value is -2.88. The molecular formula is C21H20FN3O4S. The molecule has 1 fully saturated rings. The molecule has 7 nitrogen and oxygen atoms in total. The van der Waals surface area contributed by atoms with Gasteiger partial charge in [-0.15, -0.1) is 0 Å². The standard InChI is InChI=1S/C21H20FN3O4S/c1-12-11-29-14(10-26)9-24(12)19(27)13-6-7-15-17(8-13)23-21(30)25(20(15)28)18-5-3-2-4-16(18)22/h2-8,12,14,26H,9-11H2,1H3,(H,23,30). The average Bonchev–Trinajstić information content (AvgIpc) is 2.74. The second-order valence-corrected chi connectivity index (χ2v) is 7.61. The molecule has 0 radical (unpaired) electrons. The summed E-state index contributed by atoms with van der Waals surface area (Å²) in [5.74, 6) is -0.797. The Morgan fingerprint density at radius 3 is 2.83 bits per heavy atom. The van der Waals surface area contributed by atoms with E-state index < -0.39 is 17.5 Å². The molecule has 2 unspecified atom stereocenters. The highest BCUT2D eigenvalue weighted by atomic mass is 32.1. The fourth-order valence-corrected chi connectivity index (χ4v) is 3.87. The van der Waals surface area contributed by atoms with Crippen molar-refractivity contribution in [3.05, 3.63) is 69.0 Å². The lowest BCUT2D eigenvalue weighted by atomic mass is 10.1. The topological polar surface area (TPSA) is 87.6 Å². The first-order valence-electron chi connectivity index (χ1n) is 9.48. The molecule has 30 heavy (non-hydrogen) atoms. The number of aliphatic hydroxyl groups is 1. The van der Waals surface area contributed by atoms with Gasteiger partial charge >= 0.3 is 0 Å². The number of ether oxygens (including phenoxy) is 1. The highest BCUT2D eigenvalue weighted by molar-refractivity contribution is 7.71. The van der Waals surface area contributed by atoms with Crippen molar-refractivity contribution in [1.29, 1.82) is 0 Å². The van der Waals surface area contributed by atoms with Crippen molar-refractivity contribution in [3.8, 4) is 5.69 Å². The summed E-state index contributed by atoms with van der Waals surface area (Å²) >= 11 is 5.29. The molecule has 2 atom stereocenters. The van der Waals surface area contributed by atoms with Crippen LogP contribution in [0.25, 0.3) is 16.6 Å². The lowest BCUT2D eigenvalue weighted by Gasteiger charge is -2.37. The quantitative estimate of drug-likeness (QED) is 0.625. The van der Waals surface area contributed by atoms with Gasteiger partial charge in [-0.05, 0) is 49.5 Å². The van der Waals surface area contributed by atoms with Crippen LogP contribution in [0.3, 0.4) is 0 Å². The predicted octanol–water partition coefficient (Wildman–Crippen LogP) is 2.41. The average molecular weight is 429 g/mol. The zero-order valence-corrected chi connectivity index (χ0v) is 17.0. The van der Waals surface area contributed by atoms with Crippen molar-refractivity contribution in [2.45, 2.75) is 19.1 Å². The molecule has 0 bridgehead atoms. The van der Waals surface area contributed by atoms with E-state index in [2.05, 4.69) is 4.98 Å². The molecule has 2 aromatic carbocycles. The third-order valence-corrected chi connectivity index (χ3v) is 5.49. The Morgan fingerprint density at radius 1 is 1.33 bits per heavy atom. The van der Waals surface area contributed by atoms with Crippen molar-refractivity contribution >= 4 is 29.0 Å². The summed E-state index contributed by atoms with van der Waals surface area (Å²) < 4.78 is 20.8. The molecule has 1 aliphatic rings. The summed E-state index contributed by atoms with van der Waals surface area (Å²) in [6.07, 6.45) is -0.426. The summed E-state index contributed by atoms with van der Waals surface area (Å²) in [7, 11) is 0. The fourth-order valence-electron chi connectivity index (χ4n) is 3.58. The minimum atomic E-state index is -0.565. The molecule has 2 heterocycles. The number of para-hydroxylation sites is 1. The molecule has 9 heteroatoms. The first-order chi connectivity index (χ1) is 14.4. The first kappa shape index (κ1) is 20.4. The number of carbonyl (C=O) groups excluding carboxylic acids is 1. The van der Waals surface area contributed by atoms with Gasteiger partial charge < -0.3 is 19.7 Å². The number of morpholine rings is 1. The van der Waals surface area contributed by atoms with Crippen LogP contribution < -0.4 is 5.56 Å². The van der Waals surface area contributed by atoms with Gasteiger partial charge in [0, 0.05) is 12.1 Å². The summed E-state index contributed by atoms with van der Waals surface area (Å²) in [5.41, 5.74) is 0.352. The number of amides is 1. The Bertz CT molecular complexity index is 1240. The zero-order chi connectivity index (χ0) is 21.4. The van der Waals surface area contributed by atoms with E-state index in [1.165, 1.54) is 24.3 Å². The third kappa shape index (κ3) is 3.55. The van der Waals surface area contributed by atoms with E-state index >= 15 is 0 Å². The predicted molar refractivity (Wildman–Crippen MR) is 112 cm³/mol. The van der Waals surface area contributed by atoms with E-state index in [1.54, 1.807) is 23.1 Å². The van der Waals surface area contributed by atoms with E-state index in [9.17, 15) is 19.1 Å². The van der Waals surface area contributed by atoms with Crippen LogP contribution in [-0.4, -0.2) is 57.4 Å². The minimum Gasteiger partial charge on any atom is -0.394 e. The highest BCUT2D eigenvalue weighted by Gasteiger charge is 2.30. The number of fused-ring (bicyclic) bond motifs is 1. The van der Waals surface area contributed by atoms with Crippen LogP contribution in [0.2, 0.25) is 0 Å². The van der Waals surface area contributed by atoms with Gasteiger partial charge in [0.15, 0.2) is 4.77 Å². The van der Waals surface area contributed by atoms with Crippen LogP contribution >= 0.6 is 12.2 Å². The number of carbonyl (C=O) groups is 1. The fraction of sp³-hybridized carbons (Fsp3) is 0.286. The summed E-state index contributed by atoms with van der Waals surface area (Å²) in [6.45, 7) is 2.31.